The third-order valence-corrected chi connectivity index (χ3v) is 10.8. The molecule has 0 aliphatic rings. The molecule has 0 rings (SSSR count). The number of hydrogen-bond acceptors (Lipinski definition) is 6. The van der Waals surface area contributed by atoms with Crippen LogP contribution in [-0.4, -0.2) is 37.2 Å². The fourth-order valence-corrected chi connectivity index (χ4v) is 6.83. The molecule has 0 saturated carbocycles. The fourth-order valence-electron chi connectivity index (χ4n) is 6.83. The summed E-state index contributed by atoms with van der Waals surface area (Å²) in [5, 5.41) is 0. The minimum atomic E-state index is -0.833. The van der Waals surface area contributed by atoms with Crippen LogP contribution in [0.5, 0.6) is 0 Å². The zero-order valence-corrected chi connectivity index (χ0v) is 42.0. The Morgan fingerprint density at radius 3 is 1.03 bits per heavy atom. The maximum absolute atomic E-state index is 12.8. The highest BCUT2D eigenvalue weighted by atomic mass is 16.6. The summed E-state index contributed by atoms with van der Waals surface area (Å²) in [6, 6.07) is 0. The van der Waals surface area contributed by atoms with Crippen molar-refractivity contribution in [2.24, 2.45) is 0 Å². The standard InChI is InChI=1S/C59H96O6/c1-4-7-10-13-16-19-22-25-27-28-29-30-32-35-38-41-44-47-50-53-59(62)65-56(54-63-57(60)51-48-45-42-39-36-33-24-21-18-15-12-9-6-3)55-64-58(61)52-49-46-43-40-37-34-31-26-23-20-17-14-11-8-5-2/h7,10,16-17,19-20,25-27,29-31,35,37-38,40,44,47,56H,4-6,8-9,11-15,18,21-24,28,32-34,36,39,41-43,45-46,48-55H2,1-3H3/b10-7-,19-16-,20-17-,27-25-,30-29-,31-26-,38-35-,40-37-,47-44-/t56-/m0/s1. The number of esters is 3. The average Bonchev–Trinajstić information content (AvgIpc) is 3.30. The number of carbonyl (C=O) groups excluding carboxylic acids is 3. The molecular weight excluding hydrogens is 805 g/mol. The highest BCUT2D eigenvalue weighted by molar-refractivity contribution is 5.71. The van der Waals surface area contributed by atoms with Gasteiger partial charge in [0.15, 0.2) is 6.10 Å². The molecule has 65 heavy (non-hydrogen) atoms. The number of rotatable bonds is 46. The molecular formula is C59H96O6. The summed E-state index contributed by atoms with van der Waals surface area (Å²) in [7, 11) is 0. The normalized spacial score (nSPS) is 13.0. The van der Waals surface area contributed by atoms with Gasteiger partial charge in [-0.05, 0) is 96.3 Å². The van der Waals surface area contributed by atoms with E-state index in [1.165, 1.54) is 89.9 Å². The van der Waals surface area contributed by atoms with Crippen molar-refractivity contribution in [1.29, 1.82) is 0 Å². The summed E-state index contributed by atoms with van der Waals surface area (Å²) in [6.45, 7) is 6.39. The van der Waals surface area contributed by atoms with Crippen molar-refractivity contribution in [3.05, 3.63) is 109 Å². The molecule has 0 heterocycles. The van der Waals surface area contributed by atoms with Crippen molar-refractivity contribution < 1.29 is 28.6 Å². The summed E-state index contributed by atoms with van der Waals surface area (Å²) in [6.07, 6.45) is 70.8. The number of allylic oxidation sites excluding steroid dienone is 18. The first-order valence-electron chi connectivity index (χ1n) is 26.4. The van der Waals surface area contributed by atoms with E-state index in [4.69, 9.17) is 14.2 Å². The van der Waals surface area contributed by atoms with Crippen molar-refractivity contribution >= 4 is 17.9 Å². The van der Waals surface area contributed by atoms with Gasteiger partial charge in [-0.1, -0.05) is 220 Å². The van der Waals surface area contributed by atoms with Crippen LogP contribution in [0.3, 0.4) is 0 Å². The summed E-state index contributed by atoms with van der Waals surface area (Å²) in [5.41, 5.74) is 0. The largest absolute Gasteiger partial charge is 0.462 e. The molecule has 0 fully saturated rings. The van der Waals surface area contributed by atoms with Crippen molar-refractivity contribution in [2.45, 2.75) is 232 Å². The molecule has 0 unspecified atom stereocenters. The van der Waals surface area contributed by atoms with Gasteiger partial charge in [0, 0.05) is 19.3 Å². The van der Waals surface area contributed by atoms with Crippen LogP contribution in [0.15, 0.2) is 109 Å². The Morgan fingerprint density at radius 2 is 0.631 bits per heavy atom. The van der Waals surface area contributed by atoms with Gasteiger partial charge in [-0.25, -0.2) is 0 Å². The number of unbranched alkanes of at least 4 members (excludes halogenated alkanes) is 17. The lowest BCUT2D eigenvalue weighted by molar-refractivity contribution is -0.166. The van der Waals surface area contributed by atoms with Crippen LogP contribution in [0.4, 0.5) is 0 Å². The van der Waals surface area contributed by atoms with Crippen LogP contribution in [0.2, 0.25) is 0 Å². The van der Waals surface area contributed by atoms with Crippen LogP contribution in [0.25, 0.3) is 0 Å². The second kappa shape index (κ2) is 52.7. The Hall–Kier alpha value is -3.93. The van der Waals surface area contributed by atoms with E-state index in [9.17, 15) is 14.4 Å². The molecule has 1 atom stereocenters. The van der Waals surface area contributed by atoms with E-state index in [0.29, 0.717) is 25.7 Å². The van der Waals surface area contributed by atoms with E-state index in [-0.39, 0.29) is 31.6 Å². The molecule has 0 aromatic heterocycles. The SMILES string of the molecule is CC/C=C\C/C=C\C/C=C\C/C=C\C/C=C\C/C=C\CCC(=O)O[C@H](COC(=O)CCCC/C=C\C/C=C\C/C=C\CCCCC)COC(=O)CCCCCCCCCCCCCCC. The minimum absolute atomic E-state index is 0.120. The average molecular weight is 901 g/mol. The molecule has 0 aliphatic heterocycles. The van der Waals surface area contributed by atoms with Gasteiger partial charge in [-0.2, -0.15) is 0 Å². The molecule has 0 N–H and O–H groups in total. The molecule has 0 aromatic rings. The highest BCUT2D eigenvalue weighted by Gasteiger charge is 2.19. The molecule has 0 bridgehead atoms. The Balaban J connectivity index is 4.58. The monoisotopic (exact) mass is 901 g/mol. The van der Waals surface area contributed by atoms with Gasteiger partial charge in [0.2, 0.25) is 0 Å². The van der Waals surface area contributed by atoms with Crippen molar-refractivity contribution in [3.8, 4) is 0 Å². The van der Waals surface area contributed by atoms with Crippen LogP contribution in [0.1, 0.15) is 226 Å². The topological polar surface area (TPSA) is 78.9 Å². The predicted molar refractivity (Wildman–Crippen MR) is 279 cm³/mol. The number of hydrogen-bond donors (Lipinski definition) is 0. The summed E-state index contributed by atoms with van der Waals surface area (Å²) >= 11 is 0. The van der Waals surface area contributed by atoms with Crippen LogP contribution >= 0.6 is 0 Å². The third-order valence-electron chi connectivity index (χ3n) is 10.8. The summed E-state index contributed by atoms with van der Waals surface area (Å²) in [5.74, 6) is -1.05. The highest BCUT2D eigenvalue weighted by Crippen LogP contribution is 2.14. The zero-order valence-electron chi connectivity index (χ0n) is 42.0. The molecule has 0 aromatic carbocycles. The zero-order chi connectivity index (χ0) is 47.2. The lowest BCUT2D eigenvalue weighted by Gasteiger charge is -2.18. The van der Waals surface area contributed by atoms with Crippen LogP contribution in [-0.2, 0) is 28.6 Å². The number of ether oxygens (including phenoxy) is 3. The lowest BCUT2D eigenvalue weighted by Crippen LogP contribution is -2.30. The molecule has 0 spiro atoms. The first-order chi connectivity index (χ1) is 32.0. The summed E-state index contributed by atoms with van der Waals surface area (Å²) < 4.78 is 16.7. The van der Waals surface area contributed by atoms with Gasteiger partial charge in [0.25, 0.3) is 0 Å². The quantitative estimate of drug-likeness (QED) is 0.0262. The van der Waals surface area contributed by atoms with Crippen molar-refractivity contribution in [3.63, 3.8) is 0 Å². The Kier molecular flexibility index (Phi) is 49.5. The lowest BCUT2D eigenvalue weighted by atomic mass is 10.0. The molecule has 6 nitrogen and oxygen atoms in total. The van der Waals surface area contributed by atoms with E-state index < -0.39 is 12.1 Å². The Morgan fingerprint density at radius 1 is 0.323 bits per heavy atom. The molecule has 0 saturated heterocycles. The Labute approximate surface area is 400 Å². The third kappa shape index (κ3) is 50.9. The van der Waals surface area contributed by atoms with E-state index in [1.807, 2.05) is 12.2 Å². The van der Waals surface area contributed by atoms with Crippen LogP contribution < -0.4 is 0 Å². The van der Waals surface area contributed by atoms with Gasteiger partial charge < -0.3 is 14.2 Å². The van der Waals surface area contributed by atoms with Gasteiger partial charge in [0.05, 0.1) is 0 Å². The smallest absolute Gasteiger partial charge is 0.306 e. The second-order valence-corrected chi connectivity index (χ2v) is 17.1. The molecule has 0 amide bonds. The van der Waals surface area contributed by atoms with Crippen molar-refractivity contribution in [2.75, 3.05) is 13.2 Å². The Bertz CT molecular complexity index is 1360. The maximum Gasteiger partial charge on any atom is 0.306 e. The van der Waals surface area contributed by atoms with Gasteiger partial charge in [0.1, 0.15) is 13.2 Å². The van der Waals surface area contributed by atoms with Gasteiger partial charge in [-0.3, -0.25) is 14.4 Å². The maximum atomic E-state index is 12.8. The minimum Gasteiger partial charge on any atom is -0.462 e. The van der Waals surface area contributed by atoms with Gasteiger partial charge >= 0.3 is 17.9 Å². The van der Waals surface area contributed by atoms with E-state index >= 15 is 0 Å². The van der Waals surface area contributed by atoms with Crippen molar-refractivity contribution in [1.82, 2.24) is 0 Å². The van der Waals surface area contributed by atoms with Crippen LogP contribution in [0, 0.1) is 0 Å². The molecule has 6 heteroatoms. The fraction of sp³-hybridized carbons (Fsp3) is 0.644. The van der Waals surface area contributed by atoms with E-state index in [0.717, 1.165) is 83.5 Å². The van der Waals surface area contributed by atoms with E-state index in [1.54, 1.807) is 0 Å². The predicted octanol–water partition coefficient (Wildman–Crippen LogP) is 17.5. The second-order valence-electron chi connectivity index (χ2n) is 17.1. The first kappa shape index (κ1) is 61.1. The van der Waals surface area contributed by atoms with Gasteiger partial charge in [-0.15, -0.1) is 0 Å². The first-order valence-corrected chi connectivity index (χ1v) is 26.4. The summed E-state index contributed by atoms with van der Waals surface area (Å²) in [4.78, 5) is 38.0. The van der Waals surface area contributed by atoms with E-state index in [2.05, 4.69) is 118 Å². The number of carbonyl (C=O) groups is 3. The molecule has 0 radical (unpaired) electrons. The molecule has 368 valence electrons. The molecule has 0 aliphatic carbocycles.